The Morgan fingerprint density at radius 1 is 1.53 bits per heavy atom. The Morgan fingerprint density at radius 3 is 2.87 bits per heavy atom. The number of halogens is 2. The molecule has 0 aliphatic heterocycles. The normalized spacial score (nSPS) is 10.6. The third-order valence-electron chi connectivity index (χ3n) is 2.05. The molecule has 3 nitrogen and oxygen atoms in total. The third kappa shape index (κ3) is 2.00. The summed E-state index contributed by atoms with van der Waals surface area (Å²) >= 11 is 14.5. The second-order valence-electron chi connectivity index (χ2n) is 3.04. The van der Waals surface area contributed by atoms with Crippen molar-refractivity contribution in [3.8, 4) is 11.4 Å². The summed E-state index contributed by atoms with van der Waals surface area (Å²) in [5.74, 6) is 0.728. The Labute approximate surface area is 105 Å². The molecule has 0 bridgehead atoms. The number of aromatic amines is 1. The van der Waals surface area contributed by atoms with Crippen LogP contribution in [-0.4, -0.2) is 14.8 Å². The van der Waals surface area contributed by atoms with Crippen LogP contribution in [0, 0.1) is 4.77 Å². The van der Waals surface area contributed by atoms with Crippen molar-refractivity contribution < 1.29 is 0 Å². The van der Waals surface area contributed by atoms with Gasteiger partial charge >= 0.3 is 0 Å². The van der Waals surface area contributed by atoms with Crippen molar-refractivity contribution in [2.24, 2.45) is 7.05 Å². The highest BCUT2D eigenvalue weighted by Gasteiger charge is 2.09. The molecule has 2 rings (SSSR count). The maximum absolute atomic E-state index is 6.09. The monoisotopic (exact) mass is 303 g/mol. The molecule has 0 saturated carbocycles. The number of hydrogen-bond donors (Lipinski definition) is 1. The van der Waals surface area contributed by atoms with Gasteiger partial charge in [0.05, 0.1) is 5.02 Å². The Morgan fingerprint density at radius 2 is 2.27 bits per heavy atom. The topological polar surface area (TPSA) is 33.6 Å². The summed E-state index contributed by atoms with van der Waals surface area (Å²) in [4.78, 5) is 0. The van der Waals surface area contributed by atoms with E-state index in [-0.39, 0.29) is 0 Å². The highest BCUT2D eigenvalue weighted by atomic mass is 79.9. The number of nitrogens with one attached hydrogen (secondary N) is 1. The molecule has 0 spiro atoms. The second-order valence-corrected chi connectivity index (χ2v) is 4.75. The Balaban J connectivity index is 2.68. The summed E-state index contributed by atoms with van der Waals surface area (Å²) in [6.45, 7) is 0. The van der Waals surface area contributed by atoms with Gasteiger partial charge < -0.3 is 4.57 Å². The second kappa shape index (κ2) is 4.08. The van der Waals surface area contributed by atoms with Gasteiger partial charge in [0.1, 0.15) is 0 Å². The van der Waals surface area contributed by atoms with E-state index in [0.717, 1.165) is 15.9 Å². The Bertz CT molecular complexity index is 561. The van der Waals surface area contributed by atoms with E-state index in [2.05, 4.69) is 26.1 Å². The number of hydrogen-bond acceptors (Lipinski definition) is 2. The first-order valence-corrected chi connectivity index (χ1v) is 5.74. The molecular weight excluding hydrogens is 298 g/mol. The van der Waals surface area contributed by atoms with Crippen LogP contribution in [0.3, 0.4) is 0 Å². The molecule has 0 radical (unpaired) electrons. The number of benzene rings is 1. The minimum absolute atomic E-state index is 0.570. The van der Waals surface area contributed by atoms with E-state index >= 15 is 0 Å². The first-order valence-electron chi connectivity index (χ1n) is 4.16. The molecule has 1 aromatic carbocycles. The number of nitrogens with zero attached hydrogens (tertiary/aromatic N) is 2. The van der Waals surface area contributed by atoms with Gasteiger partial charge in [0.15, 0.2) is 10.6 Å². The van der Waals surface area contributed by atoms with Crippen molar-refractivity contribution in [1.29, 1.82) is 0 Å². The van der Waals surface area contributed by atoms with Crippen LogP contribution in [0.15, 0.2) is 22.7 Å². The minimum Gasteiger partial charge on any atom is -0.303 e. The van der Waals surface area contributed by atoms with Gasteiger partial charge in [-0.15, -0.1) is 0 Å². The number of rotatable bonds is 1. The van der Waals surface area contributed by atoms with Crippen LogP contribution < -0.4 is 0 Å². The quantitative estimate of drug-likeness (QED) is 0.817. The highest BCUT2D eigenvalue weighted by molar-refractivity contribution is 9.10. The number of H-pyrrole nitrogens is 1. The smallest absolute Gasteiger partial charge is 0.195 e. The van der Waals surface area contributed by atoms with Crippen molar-refractivity contribution in [2.45, 2.75) is 0 Å². The molecule has 0 fully saturated rings. The van der Waals surface area contributed by atoms with Crippen LogP contribution in [0.4, 0.5) is 0 Å². The van der Waals surface area contributed by atoms with Gasteiger partial charge in [0.2, 0.25) is 0 Å². The van der Waals surface area contributed by atoms with Gasteiger partial charge in [0.25, 0.3) is 0 Å². The summed E-state index contributed by atoms with van der Waals surface area (Å²) in [7, 11) is 1.85. The lowest BCUT2D eigenvalue weighted by Crippen LogP contribution is -1.93. The van der Waals surface area contributed by atoms with Crippen LogP contribution in [-0.2, 0) is 7.05 Å². The zero-order chi connectivity index (χ0) is 11.0. The Hall–Kier alpha value is -0.650. The molecule has 0 aliphatic rings. The van der Waals surface area contributed by atoms with Crippen LogP contribution in [0.1, 0.15) is 0 Å². The molecule has 0 atom stereocenters. The molecule has 0 aliphatic carbocycles. The SMILES string of the molecule is Cn1c(-c2cc(Br)ccc2Cl)n[nH]c1=S. The average Bonchev–Trinajstić information content (AvgIpc) is 2.52. The maximum atomic E-state index is 6.09. The molecule has 1 heterocycles. The lowest BCUT2D eigenvalue weighted by atomic mass is 10.2. The largest absolute Gasteiger partial charge is 0.303 e. The van der Waals surface area contributed by atoms with E-state index in [1.54, 1.807) is 4.57 Å². The van der Waals surface area contributed by atoms with Gasteiger partial charge in [0, 0.05) is 17.1 Å². The van der Waals surface area contributed by atoms with Crippen LogP contribution in [0.2, 0.25) is 5.02 Å². The molecule has 2 aromatic rings. The van der Waals surface area contributed by atoms with Gasteiger partial charge in [-0.3, -0.25) is 5.10 Å². The zero-order valence-electron chi connectivity index (χ0n) is 7.79. The first kappa shape index (κ1) is 10.9. The average molecular weight is 305 g/mol. The summed E-state index contributed by atoms with van der Waals surface area (Å²) in [5.41, 5.74) is 0.848. The van der Waals surface area contributed by atoms with E-state index in [4.69, 9.17) is 23.8 Å². The van der Waals surface area contributed by atoms with Crippen molar-refractivity contribution in [3.05, 3.63) is 32.5 Å². The third-order valence-corrected chi connectivity index (χ3v) is 3.24. The molecular formula is C9H7BrClN3S. The molecule has 6 heteroatoms. The first-order chi connectivity index (χ1) is 7.09. The molecule has 1 N–H and O–H groups in total. The van der Waals surface area contributed by atoms with Crippen molar-refractivity contribution >= 4 is 39.7 Å². The highest BCUT2D eigenvalue weighted by Crippen LogP contribution is 2.28. The van der Waals surface area contributed by atoms with Crippen LogP contribution in [0.25, 0.3) is 11.4 Å². The summed E-state index contributed by atoms with van der Waals surface area (Å²) in [6, 6.07) is 5.61. The lowest BCUT2D eigenvalue weighted by molar-refractivity contribution is 0.902. The van der Waals surface area contributed by atoms with Gasteiger partial charge in [-0.1, -0.05) is 27.5 Å². The molecule has 1 aromatic heterocycles. The number of aromatic nitrogens is 3. The van der Waals surface area contributed by atoms with E-state index in [1.165, 1.54) is 0 Å². The fourth-order valence-corrected chi connectivity index (χ4v) is 1.95. The summed E-state index contributed by atoms with van der Waals surface area (Å²) in [6.07, 6.45) is 0. The van der Waals surface area contributed by atoms with E-state index in [0.29, 0.717) is 9.79 Å². The van der Waals surface area contributed by atoms with E-state index in [9.17, 15) is 0 Å². The van der Waals surface area contributed by atoms with Crippen molar-refractivity contribution in [3.63, 3.8) is 0 Å². The Kier molecular flexibility index (Phi) is 2.95. The predicted octanol–water partition coefficient (Wildman–Crippen LogP) is 3.56. The molecule has 0 saturated heterocycles. The zero-order valence-corrected chi connectivity index (χ0v) is 10.9. The van der Waals surface area contributed by atoms with Crippen LogP contribution in [0.5, 0.6) is 0 Å². The van der Waals surface area contributed by atoms with Gasteiger partial charge in [-0.2, -0.15) is 5.10 Å². The fraction of sp³-hybridized carbons (Fsp3) is 0.111. The van der Waals surface area contributed by atoms with Crippen LogP contribution >= 0.6 is 39.7 Å². The lowest BCUT2D eigenvalue weighted by Gasteiger charge is -2.03. The van der Waals surface area contributed by atoms with Crippen molar-refractivity contribution in [2.75, 3.05) is 0 Å². The fourth-order valence-electron chi connectivity index (χ4n) is 1.26. The molecule has 78 valence electrons. The standard InChI is InChI=1S/C9H7BrClN3S/c1-14-8(12-13-9(14)15)6-4-5(10)2-3-7(6)11/h2-4H,1H3,(H,13,15). The molecule has 15 heavy (non-hydrogen) atoms. The predicted molar refractivity (Wildman–Crippen MR) is 66.5 cm³/mol. The van der Waals surface area contributed by atoms with Gasteiger partial charge in [-0.05, 0) is 30.4 Å². The minimum atomic E-state index is 0.570. The van der Waals surface area contributed by atoms with Gasteiger partial charge in [-0.25, -0.2) is 0 Å². The maximum Gasteiger partial charge on any atom is 0.195 e. The molecule has 0 amide bonds. The van der Waals surface area contributed by atoms with Crippen molar-refractivity contribution in [1.82, 2.24) is 14.8 Å². The molecule has 0 unspecified atom stereocenters. The van der Waals surface area contributed by atoms with E-state index in [1.807, 2.05) is 25.2 Å². The summed E-state index contributed by atoms with van der Waals surface area (Å²) < 4.78 is 3.31. The van der Waals surface area contributed by atoms with E-state index < -0.39 is 0 Å². The summed E-state index contributed by atoms with van der Waals surface area (Å²) in [5, 5.41) is 7.50.